The molecule has 10 nitrogen and oxygen atoms in total. The van der Waals surface area contributed by atoms with Crippen molar-refractivity contribution in [2.75, 3.05) is 18.8 Å². The monoisotopic (exact) mass is 593 g/mol. The average molecular weight is 594 g/mol. The van der Waals surface area contributed by atoms with Crippen molar-refractivity contribution in [3.63, 3.8) is 0 Å². The Morgan fingerprint density at radius 3 is 2.12 bits per heavy atom. The number of carbonyl (C=O) groups excluding carboxylic acids is 2. The van der Waals surface area contributed by atoms with Gasteiger partial charge in [-0.15, -0.1) is 0 Å². The predicted molar refractivity (Wildman–Crippen MR) is 159 cm³/mol. The zero-order valence-corrected chi connectivity index (χ0v) is 23.9. The molecule has 0 radical (unpaired) electrons. The minimum atomic E-state index is -3.76. The second-order valence-corrected chi connectivity index (χ2v) is 11.8. The minimum Gasteiger partial charge on any atom is -0.356 e. The Morgan fingerprint density at radius 2 is 1.44 bits per heavy atom. The van der Waals surface area contributed by atoms with Crippen LogP contribution in [0.3, 0.4) is 0 Å². The second-order valence-electron chi connectivity index (χ2n) is 9.28. The smallest absolute Gasteiger partial charge is 0.262 e. The number of carbonyl (C=O) groups is 2. The van der Waals surface area contributed by atoms with Gasteiger partial charge < -0.3 is 10.6 Å². The quantitative estimate of drug-likeness (QED) is 0.159. The van der Waals surface area contributed by atoms with Gasteiger partial charge in [-0.3, -0.25) is 19.0 Å². The SMILES string of the molecule is NS(=O)(=O)c1ccc(CCNC(=O)CSc2nc3ccccc3c(=O)n2CCC(=O)NCCc2ccccc2)cc1. The highest BCUT2D eigenvalue weighted by Gasteiger charge is 2.15. The van der Waals surface area contributed by atoms with Crippen LogP contribution in [0.15, 0.2) is 93.7 Å². The van der Waals surface area contributed by atoms with E-state index in [2.05, 4.69) is 15.6 Å². The molecular formula is C29H31N5O5S2. The fraction of sp³-hybridized carbons (Fsp3) is 0.241. The van der Waals surface area contributed by atoms with Crippen LogP contribution in [0.2, 0.25) is 0 Å². The lowest BCUT2D eigenvalue weighted by atomic mass is 10.1. The molecule has 2 amide bonds. The molecule has 4 aromatic rings. The summed E-state index contributed by atoms with van der Waals surface area (Å²) >= 11 is 1.13. The maximum atomic E-state index is 13.3. The van der Waals surface area contributed by atoms with Crippen LogP contribution in [0.25, 0.3) is 10.9 Å². The molecule has 0 fully saturated rings. The van der Waals surface area contributed by atoms with E-state index in [0.29, 0.717) is 42.0 Å². The molecule has 1 aromatic heterocycles. The molecule has 4 rings (SSSR count). The van der Waals surface area contributed by atoms with Crippen molar-refractivity contribution in [3.8, 4) is 0 Å². The van der Waals surface area contributed by atoms with Crippen molar-refractivity contribution < 1.29 is 18.0 Å². The van der Waals surface area contributed by atoms with Crippen LogP contribution >= 0.6 is 11.8 Å². The number of hydrogen-bond acceptors (Lipinski definition) is 7. The summed E-state index contributed by atoms with van der Waals surface area (Å²) in [7, 11) is -3.76. The van der Waals surface area contributed by atoms with Gasteiger partial charge in [-0.25, -0.2) is 18.5 Å². The van der Waals surface area contributed by atoms with Crippen molar-refractivity contribution in [2.45, 2.75) is 35.9 Å². The lowest BCUT2D eigenvalue weighted by Crippen LogP contribution is -2.30. The van der Waals surface area contributed by atoms with Crippen LogP contribution in [0.5, 0.6) is 0 Å². The molecule has 0 aliphatic rings. The van der Waals surface area contributed by atoms with Gasteiger partial charge in [-0.05, 0) is 48.2 Å². The number of benzene rings is 3. The van der Waals surface area contributed by atoms with Crippen LogP contribution in [0.4, 0.5) is 0 Å². The summed E-state index contributed by atoms with van der Waals surface area (Å²) in [6.45, 7) is 0.966. The summed E-state index contributed by atoms with van der Waals surface area (Å²) in [4.78, 5) is 42.9. The van der Waals surface area contributed by atoms with Crippen LogP contribution in [-0.2, 0) is 39.0 Å². The highest BCUT2D eigenvalue weighted by molar-refractivity contribution is 7.99. The first-order chi connectivity index (χ1) is 19.7. The highest BCUT2D eigenvalue weighted by atomic mass is 32.2. The first-order valence-corrected chi connectivity index (χ1v) is 15.6. The van der Waals surface area contributed by atoms with Gasteiger partial charge in [-0.1, -0.05) is 66.4 Å². The fourth-order valence-electron chi connectivity index (χ4n) is 4.12. The van der Waals surface area contributed by atoms with Crippen molar-refractivity contribution in [2.24, 2.45) is 5.14 Å². The van der Waals surface area contributed by atoms with Gasteiger partial charge in [0, 0.05) is 26.1 Å². The van der Waals surface area contributed by atoms with E-state index >= 15 is 0 Å². The van der Waals surface area contributed by atoms with Gasteiger partial charge in [-0.2, -0.15) is 0 Å². The van der Waals surface area contributed by atoms with Crippen LogP contribution in [0, 0.1) is 0 Å². The zero-order chi connectivity index (χ0) is 29.2. The van der Waals surface area contributed by atoms with E-state index in [1.165, 1.54) is 16.7 Å². The number of fused-ring (bicyclic) bond motifs is 1. The molecule has 214 valence electrons. The van der Waals surface area contributed by atoms with Gasteiger partial charge in [0.15, 0.2) is 5.16 Å². The number of nitrogens with zero attached hydrogens (tertiary/aromatic N) is 2. The lowest BCUT2D eigenvalue weighted by molar-refractivity contribution is -0.121. The number of nitrogens with one attached hydrogen (secondary N) is 2. The minimum absolute atomic E-state index is 0.0262. The third-order valence-corrected chi connectivity index (χ3v) is 8.19. The van der Waals surface area contributed by atoms with E-state index in [1.54, 1.807) is 36.4 Å². The molecule has 1 heterocycles. The van der Waals surface area contributed by atoms with Crippen molar-refractivity contribution in [1.82, 2.24) is 20.2 Å². The molecule has 41 heavy (non-hydrogen) atoms. The molecule has 0 saturated heterocycles. The number of nitrogens with two attached hydrogens (primary N) is 1. The van der Waals surface area contributed by atoms with Crippen LogP contribution < -0.4 is 21.3 Å². The third-order valence-electron chi connectivity index (χ3n) is 6.29. The molecule has 3 aromatic carbocycles. The van der Waals surface area contributed by atoms with Crippen molar-refractivity contribution in [1.29, 1.82) is 0 Å². The molecule has 12 heteroatoms. The molecule has 0 aliphatic heterocycles. The normalized spacial score (nSPS) is 11.3. The average Bonchev–Trinajstić information content (AvgIpc) is 2.96. The van der Waals surface area contributed by atoms with Gasteiger partial charge in [0.05, 0.1) is 21.6 Å². The summed E-state index contributed by atoms with van der Waals surface area (Å²) in [5.74, 6) is -0.395. The number of sulfonamides is 1. The standard InChI is InChI=1S/C29H31N5O5S2/c30-41(38,39)23-12-10-22(11-13-23)15-18-32-27(36)20-40-29-33-25-9-5-4-8-24(25)28(37)34(29)19-16-26(35)31-17-14-21-6-2-1-3-7-21/h1-13H,14-20H2,(H,31,35)(H,32,36)(H2,30,38,39). The first kappa shape index (κ1) is 30.0. The molecular weight excluding hydrogens is 562 g/mol. The Morgan fingerprint density at radius 1 is 0.829 bits per heavy atom. The molecule has 0 bridgehead atoms. The second kappa shape index (κ2) is 14.1. The molecule has 0 saturated carbocycles. The Labute approximate surface area is 242 Å². The van der Waals surface area contributed by atoms with Crippen molar-refractivity contribution in [3.05, 3.63) is 100 Å². The molecule has 0 aliphatic carbocycles. The fourth-order valence-corrected chi connectivity index (χ4v) is 5.49. The Bertz CT molecular complexity index is 1670. The van der Waals surface area contributed by atoms with E-state index in [0.717, 1.165) is 22.9 Å². The number of para-hydroxylation sites is 1. The van der Waals surface area contributed by atoms with Gasteiger partial charge in [0.1, 0.15) is 0 Å². The van der Waals surface area contributed by atoms with E-state index < -0.39 is 10.0 Å². The Hall–Kier alpha value is -4.00. The van der Waals surface area contributed by atoms with Gasteiger partial charge in [0.2, 0.25) is 21.8 Å². The molecule has 0 unspecified atom stereocenters. The Balaban J connectivity index is 1.33. The maximum Gasteiger partial charge on any atom is 0.262 e. The van der Waals surface area contributed by atoms with Crippen LogP contribution in [-0.4, -0.2) is 48.6 Å². The largest absolute Gasteiger partial charge is 0.356 e. The van der Waals surface area contributed by atoms with Crippen LogP contribution in [0.1, 0.15) is 17.5 Å². The number of rotatable bonds is 13. The molecule has 4 N–H and O–H groups in total. The van der Waals surface area contributed by atoms with E-state index in [1.807, 2.05) is 30.3 Å². The zero-order valence-electron chi connectivity index (χ0n) is 22.3. The number of amides is 2. The topological polar surface area (TPSA) is 153 Å². The number of aromatic nitrogens is 2. The number of primary sulfonamides is 1. The summed E-state index contributed by atoms with van der Waals surface area (Å²) in [6.07, 6.45) is 1.31. The number of thioether (sulfide) groups is 1. The number of hydrogen-bond donors (Lipinski definition) is 3. The first-order valence-electron chi connectivity index (χ1n) is 13.0. The lowest BCUT2D eigenvalue weighted by Gasteiger charge is -2.13. The van der Waals surface area contributed by atoms with E-state index in [4.69, 9.17) is 5.14 Å². The summed E-state index contributed by atoms with van der Waals surface area (Å²) in [6, 6.07) is 23.0. The van der Waals surface area contributed by atoms with E-state index in [-0.39, 0.29) is 41.0 Å². The summed E-state index contributed by atoms with van der Waals surface area (Å²) in [5.41, 5.74) is 2.22. The van der Waals surface area contributed by atoms with Gasteiger partial charge >= 0.3 is 0 Å². The summed E-state index contributed by atoms with van der Waals surface area (Å²) < 4.78 is 24.2. The van der Waals surface area contributed by atoms with Gasteiger partial charge in [0.25, 0.3) is 5.56 Å². The van der Waals surface area contributed by atoms with Crippen molar-refractivity contribution >= 4 is 44.5 Å². The predicted octanol–water partition coefficient (Wildman–Crippen LogP) is 2.24. The Kier molecular flexibility index (Phi) is 10.3. The summed E-state index contributed by atoms with van der Waals surface area (Å²) in [5, 5.41) is 11.6. The molecule has 0 spiro atoms. The maximum absolute atomic E-state index is 13.3. The third kappa shape index (κ3) is 8.74. The van der Waals surface area contributed by atoms with E-state index in [9.17, 15) is 22.8 Å². The molecule has 0 atom stereocenters. The highest BCUT2D eigenvalue weighted by Crippen LogP contribution is 2.18.